The Morgan fingerprint density at radius 3 is 2.86 bits per heavy atom. The standard InChI is InChI=1S/C16H13ClN2O3/c1-9-6-11(17)8-19-15(9)18-13-4-2-10(3-5-14(20)21)7-12(13)16(19)22/h2,4,6-8H,3,5H2,1H3,(H,20,21). The van der Waals surface area contributed by atoms with Crippen molar-refractivity contribution in [3.8, 4) is 0 Å². The van der Waals surface area contributed by atoms with E-state index in [2.05, 4.69) is 4.98 Å². The van der Waals surface area contributed by atoms with Gasteiger partial charge in [-0.05, 0) is 42.7 Å². The van der Waals surface area contributed by atoms with E-state index >= 15 is 0 Å². The molecule has 1 aromatic carbocycles. The van der Waals surface area contributed by atoms with E-state index < -0.39 is 5.97 Å². The molecule has 5 nitrogen and oxygen atoms in total. The van der Waals surface area contributed by atoms with E-state index in [4.69, 9.17) is 16.7 Å². The van der Waals surface area contributed by atoms with Gasteiger partial charge in [0.25, 0.3) is 5.56 Å². The zero-order valence-corrected chi connectivity index (χ0v) is 12.6. The van der Waals surface area contributed by atoms with Gasteiger partial charge in [0.1, 0.15) is 5.65 Å². The molecule has 0 aliphatic rings. The minimum Gasteiger partial charge on any atom is -0.481 e. The van der Waals surface area contributed by atoms with E-state index in [1.807, 2.05) is 6.92 Å². The second-order valence-electron chi connectivity index (χ2n) is 5.20. The Labute approximate surface area is 130 Å². The molecule has 0 unspecified atom stereocenters. The van der Waals surface area contributed by atoms with E-state index in [1.54, 1.807) is 30.5 Å². The maximum absolute atomic E-state index is 12.6. The van der Waals surface area contributed by atoms with Crippen LogP contribution in [-0.2, 0) is 11.2 Å². The zero-order chi connectivity index (χ0) is 15.9. The fourth-order valence-corrected chi connectivity index (χ4v) is 2.74. The lowest BCUT2D eigenvalue weighted by molar-refractivity contribution is -0.136. The van der Waals surface area contributed by atoms with Crippen LogP contribution in [0.25, 0.3) is 16.6 Å². The highest BCUT2D eigenvalue weighted by molar-refractivity contribution is 6.30. The fraction of sp³-hybridized carbons (Fsp3) is 0.188. The van der Waals surface area contributed by atoms with Gasteiger partial charge in [-0.15, -0.1) is 0 Å². The van der Waals surface area contributed by atoms with Crippen LogP contribution in [0.3, 0.4) is 0 Å². The minimum atomic E-state index is -0.865. The highest BCUT2D eigenvalue weighted by atomic mass is 35.5. The van der Waals surface area contributed by atoms with Gasteiger partial charge in [-0.1, -0.05) is 17.7 Å². The number of aromatic nitrogens is 2. The molecule has 0 fully saturated rings. The molecule has 112 valence electrons. The smallest absolute Gasteiger partial charge is 0.303 e. The Morgan fingerprint density at radius 2 is 2.14 bits per heavy atom. The van der Waals surface area contributed by atoms with Crippen molar-refractivity contribution in [2.24, 2.45) is 0 Å². The number of carboxylic acid groups (broad SMARTS) is 1. The number of carboxylic acids is 1. The number of nitrogens with zero attached hydrogens (tertiary/aromatic N) is 2. The average Bonchev–Trinajstić information content (AvgIpc) is 2.47. The van der Waals surface area contributed by atoms with Crippen molar-refractivity contribution in [3.63, 3.8) is 0 Å². The molecule has 0 saturated heterocycles. The van der Waals surface area contributed by atoms with Crippen LogP contribution in [0.15, 0.2) is 35.3 Å². The van der Waals surface area contributed by atoms with Gasteiger partial charge in [0.05, 0.1) is 15.9 Å². The van der Waals surface area contributed by atoms with Crippen molar-refractivity contribution >= 4 is 34.1 Å². The van der Waals surface area contributed by atoms with E-state index in [0.29, 0.717) is 28.0 Å². The number of pyridine rings is 1. The Kier molecular flexibility index (Phi) is 3.58. The van der Waals surface area contributed by atoms with E-state index in [0.717, 1.165) is 11.1 Å². The topological polar surface area (TPSA) is 71.7 Å². The molecule has 0 aliphatic heterocycles. The van der Waals surface area contributed by atoms with Crippen molar-refractivity contribution in [2.75, 3.05) is 0 Å². The van der Waals surface area contributed by atoms with E-state index in [1.165, 1.54) is 4.40 Å². The number of benzene rings is 1. The number of carbonyl (C=O) groups is 1. The Bertz CT molecular complexity index is 963. The predicted octanol–water partition coefficient (Wildman–Crippen LogP) is 2.83. The monoisotopic (exact) mass is 316 g/mol. The lowest BCUT2D eigenvalue weighted by Gasteiger charge is -2.07. The summed E-state index contributed by atoms with van der Waals surface area (Å²) in [7, 11) is 0. The van der Waals surface area contributed by atoms with Crippen molar-refractivity contribution < 1.29 is 9.90 Å². The van der Waals surface area contributed by atoms with Crippen molar-refractivity contribution in [1.29, 1.82) is 0 Å². The first-order valence-corrected chi connectivity index (χ1v) is 7.16. The maximum Gasteiger partial charge on any atom is 0.303 e. The Hall–Kier alpha value is -2.40. The third kappa shape index (κ3) is 2.55. The first kappa shape index (κ1) is 14.5. The second kappa shape index (κ2) is 5.42. The molecular formula is C16H13ClN2O3. The molecule has 1 N–H and O–H groups in total. The fourth-order valence-electron chi connectivity index (χ4n) is 2.48. The highest BCUT2D eigenvalue weighted by Gasteiger charge is 2.09. The molecule has 3 aromatic rings. The van der Waals surface area contributed by atoms with Gasteiger partial charge < -0.3 is 5.11 Å². The number of fused-ring (bicyclic) bond motifs is 2. The molecule has 2 aromatic heterocycles. The summed E-state index contributed by atoms with van der Waals surface area (Å²) in [4.78, 5) is 27.8. The first-order valence-electron chi connectivity index (χ1n) is 6.78. The van der Waals surface area contributed by atoms with Crippen LogP contribution in [-0.4, -0.2) is 20.5 Å². The van der Waals surface area contributed by atoms with Crippen LogP contribution in [0.1, 0.15) is 17.5 Å². The van der Waals surface area contributed by atoms with Crippen LogP contribution in [0.5, 0.6) is 0 Å². The Balaban J connectivity index is 2.24. The van der Waals surface area contributed by atoms with Crippen LogP contribution >= 0.6 is 11.6 Å². The number of aliphatic carboxylic acids is 1. The van der Waals surface area contributed by atoms with Crippen molar-refractivity contribution in [1.82, 2.24) is 9.38 Å². The molecule has 6 heteroatoms. The summed E-state index contributed by atoms with van der Waals surface area (Å²) >= 11 is 6.01. The molecule has 0 radical (unpaired) electrons. The van der Waals surface area contributed by atoms with Crippen LogP contribution < -0.4 is 5.56 Å². The lowest BCUT2D eigenvalue weighted by Crippen LogP contribution is -2.16. The number of hydrogen-bond donors (Lipinski definition) is 1. The van der Waals surface area contributed by atoms with Gasteiger partial charge in [0, 0.05) is 12.6 Å². The molecule has 0 bridgehead atoms. The lowest BCUT2D eigenvalue weighted by atomic mass is 10.1. The maximum atomic E-state index is 12.6. The first-order chi connectivity index (χ1) is 10.5. The minimum absolute atomic E-state index is 0.0266. The van der Waals surface area contributed by atoms with Crippen LogP contribution in [0.2, 0.25) is 5.02 Å². The third-order valence-corrected chi connectivity index (χ3v) is 3.76. The van der Waals surface area contributed by atoms with Crippen LogP contribution in [0, 0.1) is 6.92 Å². The summed E-state index contributed by atoms with van der Waals surface area (Å²) in [6, 6.07) is 7.02. The number of aryl methyl sites for hydroxylation is 2. The summed E-state index contributed by atoms with van der Waals surface area (Å²) in [6.45, 7) is 1.85. The summed E-state index contributed by atoms with van der Waals surface area (Å²) in [5, 5.41) is 9.68. The quantitative estimate of drug-likeness (QED) is 0.754. The van der Waals surface area contributed by atoms with E-state index in [-0.39, 0.29) is 12.0 Å². The summed E-state index contributed by atoms with van der Waals surface area (Å²) in [5.74, 6) is -0.865. The highest BCUT2D eigenvalue weighted by Crippen LogP contribution is 2.18. The summed E-state index contributed by atoms with van der Waals surface area (Å²) < 4.78 is 1.43. The Morgan fingerprint density at radius 1 is 1.36 bits per heavy atom. The second-order valence-corrected chi connectivity index (χ2v) is 5.63. The largest absolute Gasteiger partial charge is 0.481 e. The van der Waals surface area contributed by atoms with Gasteiger partial charge in [-0.3, -0.25) is 14.0 Å². The molecule has 0 spiro atoms. The SMILES string of the molecule is Cc1cc(Cl)cn2c(=O)c3cc(CCC(=O)O)ccc3nc12. The number of hydrogen-bond acceptors (Lipinski definition) is 3. The average molecular weight is 317 g/mol. The van der Waals surface area contributed by atoms with Crippen molar-refractivity contribution in [3.05, 3.63) is 57.0 Å². The summed E-state index contributed by atoms with van der Waals surface area (Å²) in [6.07, 6.45) is 1.95. The van der Waals surface area contributed by atoms with Gasteiger partial charge in [-0.25, -0.2) is 4.98 Å². The van der Waals surface area contributed by atoms with Crippen molar-refractivity contribution in [2.45, 2.75) is 19.8 Å². The molecule has 22 heavy (non-hydrogen) atoms. The van der Waals surface area contributed by atoms with Gasteiger partial charge in [0.15, 0.2) is 0 Å². The molecule has 0 saturated carbocycles. The molecule has 0 aliphatic carbocycles. The third-order valence-electron chi connectivity index (χ3n) is 3.55. The van der Waals surface area contributed by atoms with Crippen LogP contribution in [0.4, 0.5) is 0 Å². The molecule has 0 amide bonds. The molecule has 3 rings (SSSR count). The molecule has 0 atom stereocenters. The molecule has 2 heterocycles. The van der Waals surface area contributed by atoms with E-state index in [9.17, 15) is 9.59 Å². The number of rotatable bonds is 3. The van der Waals surface area contributed by atoms with Gasteiger partial charge in [0.2, 0.25) is 0 Å². The number of halogens is 1. The molecular weight excluding hydrogens is 304 g/mol. The predicted molar refractivity (Wildman–Crippen MR) is 84.7 cm³/mol. The zero-order valence-electron chi connectivity index (χ0n) is 11.8. The normalized spacial score (nSPS) is 11.2. The summed E-state index contributed by atoms with van der Waals surface area (Å²) in [5.41, 5.74) is 2.58. The van der Waals surface area contributed by atoms with Gasteiger partial charge >= 0.3 is 5.97 Å². The van der Waals surface area contributed by atoms with Gasteiger partial charge in [-0.2, -0.15) is 0 Å².